The van der Waals surface area contributed by atoms with Crippen molar-refractivity contribution in [1.82, 2.24) is 5.32 Å². The van der Waals surface area contributed by atoms with Gasteiger partial charge in [-0.3, -0.25) is 9.10 Å². The molecule has 2 aromatic rings. The van der Waals surface area contributed by atoms with Gasteiger partial charge in [0.05, 0.1) is 10.6 Å². The molecule has 0 fully saturated rings. The zero-order valence-corrected chi connectivity index (χ0v) is 18.6. The standard InChI is InChI=1S/C22H30N2O5S/c1-4-24(30(26,27)21-13-7-18(3)8-14-21)19-9-11-20(12-10-19)29-17-22(25)23-15-6-16-28-5-2/h7-14H,4-6,15-17H2,1-3H3,(H,23,25). The number of carbonyl (C=O) groups is 1. The van der Waals surface area contributed by atoms with Crippen LogP contribution >= 0.6 is 0 Å². The van der Waals surface area contributed by atoms with Crippen LogP contribution in [0.2, 0.25) is 0 Å². The van der Waals surface area contributed by atoms with E-state index >= 15 is 0 Å². The molecule has 0 radical (unpaired) electrons. The Balaban J connectivity index is 1.95. The largest absolute Gasteiger partial charge is 0.484 e. The smallest absolute Gasteiger partial charge is 0.264 e. The van der Waals surface area contributed by atoms with Gasteiger partial charge in [0.1, 0.15) is 5.75 Å². The second-order valence-electron chi connectivity index (χ2n) is 6.67. The summed E-state index contributed by atoms with van der Waals surface area (Å²) in [5.41, 5.74) is 1.53. The molecule has 0 heterocycles. The first-order valence-electron chi connectivity index (χ1n) is 10.0. The lowest BCUT2D eigenvalue weighted by Crippen LogP contribution is -2.31. The molecule has 1 N–H and O–H groups in total. The predicted octanol–water partition coefficient (Wildman–Crippen LogP) is 3.13. The van der Waals surface area contributed by atoms with Crippen LogP contribution in [-0.4, -0.2) is 47.2 Å². The van der Waals surface area contributed by atoms with Gasteiger partial charge in [0.15, 0.2) is 6.61 Å². The molecule has 30 heavy (non-hydrogen) atoms. The van der Waals surface area contributed by atoms with Gasteiger partial charge in [-0.05, 0) is 63.6 Å². The highest BCUT2D eigenvalue weighted by molar-refractivity contribution is 7.92. The molecular formula is C22H30N2O5S. The molecule has 0 aliphatic rings. The summed E-state index contributed by atoms with van der Waals surface area (Å²) < 4.78 is 38.0. The monoisotopic (exact) mass is 434 g/mol. The number of ether oxygens (including phenoxy) is 2. The van der Waals surface area contributed by atoms with Crippen molar-refractivity contribution in [1.29, 1.82) is 0 Å². The lowest BCUT2D eigenvalue weighted by Gasteiger charge is -2.23. The van der Waals surface area contributed by atoms with Crippen molar-refractivity contribution < 1.29 is 22.7 Å². The zero-order valence-electron chi connectivity index (χ0n) is 17.8. The number of aryl methyl sites for hydroxylation is 1. The van der Waals surface area contributed by atoms with Crippen LogP contribution in [0.4, 0.5) is 5.69 Å². The molecule has 0 saturated carbocycles. The van der Waals surface area contributed by atoms with Crippen molar-refractivity contribution in [2.24, 2.45) is 0 Å². The molecule has 0 aliphatic carbocycles. The Morgan fingerprint density at radius 3 is 2.30 bits per heavy atom. The fourth-order valence-corrected chi connectivity index (χ4v) is 4.26. The van der Waals surface area contributed by atoms with Gasteiger partial charge in [-0.15, -0.1) is 0 Å². The normalized spacial score (nSPS) is 11.2. The van der Waals surface area contributed by atoms with E-state index in [-0.39, 0.29) is 17.4 Å². The highest BCUT2D eigenvalue weighted by atomic mass is 32.2. The van der Waals surface area contributed by atoms with Crippen LogP contribution in [0.3, 0.4) is 0 Å². The summed E-state index contributed by atoms with van der Waals surface area (Å²) in [5.74, 6) is 0.278. The molecule has 164 valence electrons. The highest BCUT2D eigenvalue weighted by Gasteiger charge is 2.23. The van der Waals surface area contributed by atoms with E-state index in [9.17, 15) is 13.2 Å². The van der Waals surface area contributed by atoms with E-state index in [0.717, 1.165) is 12.0 Å². The van der Waals surface area contributed by atoms with Gasteiger partial charge in [-0.1, -0.05) is 17.7 Å². The Morgan fingerprint density at radius 1 is 1.03 bits per heavy atom. The molecule has 2 rings (SSSR count). The molecule has 2 aromatic carbocycles. The van der Waals surface area contributed by atoms with Gasteiger partial charge in [0.25, 0.3) is 15.9 Å². The molecule has 7 nitrogen and oxygen atoms in total. The summed E-state index contributed by atoms with van der Waals surface area (Å²) in [6.07, 6.45) is 0.747. The molecule has 1 amide bonds. The van der Waals surface area contributed by atoms with E-state index in [1.165, 1.54) is 4.31 Å². The first-order chi connectivity index (χ1) is 14.4. The quantitative estimate of drug-likeness (QED) is 0.519. The van der Waals surface area contributed by atoms with Crippen molar-refractivity contribution >= 4 is 21.6 Å². The lowest BCUT2D eigenvalue weighted by atomic mass is 10.2. The third-order valence-corrected chi connectivity index (χ3v) is 6.30. The maximum atomic E-state index is 13.0. The molecule has 0 bridgehead atoms. The van der Waals surface area contributed by atoms with Crippen molar-refractivity contribution in [3.05, 3.63) is 54.1 Å². The second kappa shape index (κ2) is 11.6. The minimum Gasteiger partial charge on any atom is -0.484 e. The maximum Gasteiger partial charge on any atom is 0.264 e. The van der Waals surface area contributed by atoms with Crippen LogP contribution in [0.5, 0.6) is 5.75 Å². The number of hydrogen-bond donors (Lipinski definition) is 1. The summed E-state index contributed by atoms with van der Waals surface area (Å²) >= 11 is 0. The van der Waals surface area contributed by atoms with Gasteiger partial charge in [0, 0.05) is 26.3 Å². The number of hydrogen-bond acceptors (Lipinski definition) is 5. The van der Waals surface area contributed by atoms with Crippen LogP contribution in [0.25, 0.3) is 0 Å². The fraction of sp³-hybridized carbons (Fsp3) is 0.409. The van der Waals surface area contributed by atoms with Crippen LogP contribution in [0.15, 0.2) is 53.4 Å². The Labute approximate surface area is 179 Å². The third kappa shape index (κ3) is 6.74. The van der Waals surface area contributed by atoms with Gasteiger partial charge < -0.3 is 14.8 Å². The molecular weight excluding hydrogens is 404 g/mol. The number of anilines is 1. The summed E-state index contributed by atoms with van der Waals surface area (Å²) in [5, 5.41) is 2.76. The second-order valence-corrected chi connectivity index (χ2v) is 8.53. The molecule has 0 spiro atoms. The van der Waals surface area contributed by atoms with E-state index in [4.69, 9.17) is 9.47 Å². The summed E-state index contributed by atoms with van der Waals surface area (Å²) in [7, 11) is -3.66. The average molecular weight is 435 g/mol. The minimum atomic E-state index is -3.66. The van der Waals surface area contributed by atoms with E-state index in [0.29, 0.717) is 37.7 Å². The molecule has 0 atom stereocenters. The van der Waals surface area contributed by atoms with Crippen molar-refractivity contribution in [3.63, 3.8) is 0 Å². The van der Waals surface area contributed by atoms with E-state index < -0.39 is 10.0 Å². The Hall–Kier alpha value is -2.58. The van der Waals surface area contributed by atoms with Crippen molar-refractivity contribution in [2.45, 2.75) is 32.1 Å². The number of benzene rings is 2. The number of amides is 1. The number of carbonyl (C=O) groups excluding carboxylic acids is 1. The van der Waals surface area contributed by atoms with Crippen molar-refractivity contribution in [3.8, 4) is 5.75 Å². The number of nitrogens with one attached hydrogen (secondary N) is 1. The van der Waals surface area contributed by atoms with Crippen LogP contribution < -0.4 is 14.4 Å². The Kier molecular flexibility index (Phi) is 9.14. The van der Waals surface area contributed by atoms with Gasteiger partial charge in [-0.2, -0.15) is 0 Å². The van der Waals surface area contributed by atoms with Gasteiger partial charge >= 0.3 is 0 Å². The first kappa shape index (κ1) is 23.7. The highest BCUT2D eigenvalue weighted by Crippen LogP contribution is 2.25. The first-order valence-corrected chi connectivity index (χ1v) is 11.5. The van der Waals surface area contributed by atoms with Crippen molar-refractivity contribution in [2.75, 3.05) is 37.2 Å². The van der Waals surface area contributed by atoms with Gasteiger partial charge in [0.2, 0.25) is 0 Å². The van der Waals surface area contributed by atoms with Crippen LogP contribution in [-0.2, 0) is 19.6 Å². The molecule has 0 aromatic heterocycles. The topological polar surface area (TPSA) is 84.9 Å². The van der Waals surface area contributed by atoms with Crippen LogP contribution in [0.1, 0.15) is 25.8 Å². The Bertz CT molecular complexity index is 896. The molecule has 0 saturated heterocycles. The molecule has 0 unspecified atom stereocenters. The summed E-state index contributed by atoms with van der Waals surface area (Å²) in [4.78, 5) is 12.1. The average Bonchev–Trinajstić information content (AvgIpc) is 2.73. The Morgan fingerprint density at radius 2 is 1.70 bits per heavy atom. The van der Waals surface area contributed by atoms with Crippen LogP contribution in [0, 0.1) is 6.92 Å². The van der Waals surface area contributed by atoms with E-state index in [1.807, 2.05) is 13.8 Å². The number of rotatable bonds is 12. The number of sulfonamides is 1. The van der Waals surface area contributed by atoms with E-state index in [2.05, 4.69) is 5.32 Å². The summed E-state index contributed by atoms with van der Waals surface area (Å²) in [6, 6.07) is 13.4. The number of nitrogens with zero attached hydrogens (tertiary/aromatic N) is 1. The fourth-order valence-electron chi connectivity index (χ4n) is 2.78. The molecule has 0 aliphatic heterocycles. The van der Waals surface area contributed by atoms with Gasteiger partial charge in [-0.25, -0.2) is 8.42 Å². The maximum absolute atomic E-state index is 13.0. The lowest BCUT2D eigenvalue weighted by molar-refractivity contribution is -0.123. The zero-order chi connectivity index (χ0) is 22.0. The predicted molar refractivity (Wildman–Crippen MR) is 117 cm³/mol. The third-order valence-electron chi connectivity index (χ3n) is 4.38. The summed E-state index contributed by atoms with van der Waals surface area (Å²) in [6.45, 7) is 7.61. The molecule has 8 heteroatoms. The minimum absolute atomic E-state index is 0.104. The SMILES string of the molecule is CCOCCCNC(=O)COc1ccc(N(CC)S(=O)(=O)c2ccc(C)cc2)cc1. The van der Waals surface area contributed by atoms with E-state index in [1.54, 1.807) is 55.5 Å².